The van der Waals surface area contributed by atoms with E-state index in [0.717, 1.165) is 24.5 Å². The molecule has 0 amide bonds. The highest BCUT2D eigenvalue weighted by atomic mass is 35.5. The van der Waals surface area contributed by atoms with Crippen LogP contribution < -0.4 is 10.1 Å². The molecular formula is C15H16Cl2N2O. The summed E-state index contributed by atoms with van der Waals surface area (Å²) < 4.78 is 5.66. The Labute approximate surface area is 128 Å². The molecule has 0 bridgehead atoms. The molecule has 0 fully saturated rings. The summed E-state index contributed by atoms with van der Waals surface area (Å²) in [7, 11) is 0. The molecule has 2 rings (SSSR count). The molecule has 2 aromatic rings. The highest BCUT2D eigenvalue weighted by molar-refractivity contribution is 6.34. The van der Waals surface area contributed by atoms with Crippen molar-refractivity contribution in [3.8, 4) is 5.75 Å². The second-order valence-corrected chi connectivity index (χ2v) is 5.17. The van der Waals surface area contributed by atoms with Gasteiger partial charge in [-0.2, -0.15) is 0 Å². The summed E-state index contributed by atoms with van der Waals surface area (Å²) in [6.07, 6.45) is 0. The Bertz CT molecular complexity index is 555. The van der Waals surface area contributed by atoms with E-state index in [9.17, 15) is 0 Å². The van der Waals surface area contributed by atoms with Crippen molar-refractivity contribution in [3.05, 3.63) is 57.8 Å². The first-order chi connectivity index (χ1) is 9.67. The van der Waals surface area contributed by atoms with Crippen molar-refractivity contribution in [2.45, 2.75) is 20.1 Å². The van der Waals surface area contributed by atoms with Crippen LogP contribution in [0, 0.1) is 0 Å². The third-order valence-electron chi connectivity index (χ3n) is 2.64. The van der Waals surface area contributed by atoms with Gasteiger partial charge in [0.05, 0.1) is 11.4 Å². The van der Waals surface area contributed by atoms with E-state index in [1.807, 2.05) is 18.2 Å². The van der Waals surface area contributed by atoms with Crippen LogP contribution in [-0.4, -0.2) is 11.5 Å². The maximum atomic E-state index is 5.93. The van der Waals surface area contributed by atoms with E-state index in [1.165, 1.54) is 0 Å². The third-order valence-corrected chi connectivity index (χ3v) is 3.08. The Morgan fingerprint density at radius 1 is 1.10 bits per heavy atom. The summed E-state index contributed by atoms with van der Waals surface area (Å²) in [6.45, 7) is 4.13. The highest BCUT2D eigenvalue weighted by Gasteiger charge is 2.02. The van der Waals surface area contributed by atoms with Crippen LogP contribution in [0.4, 0.5) is 0 Å². The first kappa shape index (κ1) is 15.1. The topological polar surface area (TPSA) is 34.1 Å². The zero-order valence-corrected chi connectivity index (χ0v) is 12.7. The number of halogens is 2. The number of benzene rings is 1. The molecule has 0 aliphatic rings. The van der Waals surface area contributed by atoms with Crippen LogP contribution in [0.1, 0.15) is 18.3 Å². The van der Waals surface area contributed by atoms with Crippen LogP contribution in [-0.2, 0) is 13.2 Å². The second-order valence-electron chi connectivity index (χ2n) is 4.29. The molecule has 1 aromatic carbocycles. The van der Waals surface area contributed by atoms with Crippen LogP contribution in [0.15, 0.2) is 36.4 Å². The van der Waals surface area contributed by atoms with E-state index in [2.05, 4.69) is 17.2 Å². The SMILES string of the molecule is CCNCc1cccc(COc2cc(Cl)cc(Cl)c2)n1. The molecule has 3 nitrogen and oxygen atoms in total. The van der Waals surface area contributed by atoms with Gasteiger partial charge in [-0.15, -0.1) is 0 Å². The average Bonchev–Trinajstić information content (AvgIpc) is 2.42. The summed E-state index contributed by atoms with van der Waals surface area (Å²) in [5.41, 5.74) is 1.87. The van der Waals surface area contributed by atoms with Gasteiger partial charge in [0.2, 0.25) is 0 Å². The first-order valence-corrected chi connectivity index (χ1v) is 7.17. The van der Waals surface area contributed by atoms with Crippen LogP contribution in [0.25, 0.3) is 0 Å². The van der Waals surface area contributed by atoms with Crippen LogP contribution >= 0.6 is 23.2 Å². The number of rotatable bonds is 6. The minimum atomic E-state index is 0.386. The van der Waals surface area contributed by atoms with Gasteiger partial charge in [0, 0.05) is 16.6 Å². The molecule has 0 atom stereocenters. The van der Waals surface area contributed by atoms with E-state index in [1.54, 1.807) is 18.2 Å². The Morgan fingerprint density at radius 3 is 2.50 bits per heavy atom. The lowest BCUT2D eigenvalue weighted by molar-refractivity contribution is 0.301. The highest BCUT2D eigenvalue weighted by Crippen LogP contribution is 2.24. The van der Waals surface area contributed by atoms with Gasteiger partial charge >= 0.3 is 0 Å². The monoisotopic (exact) mass is 310 g/mol. The third kappa shape index (κ3) is 4.67. The molecule has 1 aromatic heterocycles. The van der Waals surface area contributed by atoms with E-state index in [-0.39, 0.29) is 0 Å². The molecule has 0 saturated carbocycles. The van der Waals surface area contributed by atoms with Gasteiger partial charge in [-0.3, -0.25) is 4.98 Å². The number of hydrogen-bond acceptors (Lipinski definition) is 3. The second kappa shape index (κ2) is 7.48. The fourth-order valence-electron chi connectivity index (χ4n) is 1.73. The van der Waals surface area contributed by atoms with Crippen LogP contribution in [0.5, 0.6) is 5.75 Å². The van der Waals surface area contributed by atoms with E-state index < -0.39 is 0 Å². The Balaban J connectivity index is 1.99. The van der Waals surface area contributed by atoms with Gasteiger partial charge in [0.15, 0.2) is 0 Å². The van der Waals surface area contributed by atoms with Crippen LogP contribution in [0.3, 0.4) is 0 Å². The maximum Gasteiger partial charge on any atom is 0.130 e. The first-order valence-electron chi connectivity index (χ1n) is 6.42. The molecular weight excluding hydrogens is 295 g/mol. The number of nitrogens with one attached hydrogen (secondary N) is 1. The summed E-state index contributed by atoms with van der Waals surface area (Å²) >= 11 is 11.9. The van der Waals surface area contributed by atoms with Gasteiger partial charge in [-0.05, 0) is 36.9 Å². The normalized spacial score (nSPS) is 10.6. The zero-order chi connectivity index (χ0) is 14.4. The average molecular weight is 311 g/mol. The smallest absolute Gasteiger partial charge is 0.130 e. The molecule has 0 radical (unpaired) electrons. The van der Waals surface area contributed by atoms with Crippen molar-refractivity contribution in [1.82, 2.24) is 10.3 Å². The molecule has 0 unspecified atom stereocenters. The largest absolute Gasteiger partial charge is 0.487 e. The quantitative estimate of drug-likeness (QED) is 0.873. The van der Waals surface area contributed by atoms with Crippen molar-refractivity contribution < 1.29 is 4.74 Å². The number of ether oxygens (including phenoxy) is 1. The molecule has 1 heterocycles. The summed E-state index contributed by atoms with van der Waals surface area (Å²) in [5, 5.41) is 4.36. The predicted octanol–water partition coefficient (Wildman–Crippen LogP) is 4.08. The molecule has 20 heavy (non-hydrogen) atoms. The standard InChI is InChI=1S/C15H16Cl2N2O/c1-2-18-9-13-4-3-5-14(19-13)10-20-15-7-11(16)6-12(17)8-15/h3-8,18H,2,9-10H2,1H3. The number of hydrogen-bond donors (Lipinski definition) is 1. The summed E-state index contributed by atoms with van der Waals surface area (Å²) in [6, 6.07) is 11.0. The molecule has 0 saturated heterocycles. The van der Waals surface area contributed by atoms with Crippen molar-refractivity contribution in [2.24, 2.45) is 0 Å². The lowest BCUT2D eigenvalue weighted by Crippen LogP contribution is -2.13. The summed E-state index contributed by atoms with van der Waals surface area (Å²) in [5.74, 6) is 0.640. The Hall–Kier alpha value is -1.29. The zero-order valence-electron chi connectivity index (χ0n) is 11.2. The van der Waals surface area contributed by atoms with Crippen LogP contribution in [0.2, 0.25) is 10.0 Å². The summed E-state index contributed by atoms with van der Waals surface area (Å²) in [4.78, 5) is 4.52. The van der Waals surface area contributed by atoms with Gasteiger partial charge < -0.3 is 10.1 Å². The molecule has 1 N–H and O–H groups in total. The Morgan fingerprint density at radius 2 is 1.80 bits per heavy atom. The van der Waals surface area contributed by atoms with Gasteiger partial charge in [-0.1, -0.05) is 36.2 Å². The molecule has 106 valence electrons. The Kier molecular flexibility index (Phi) is 5.65. The van der Waals surface area contributed by atoms with Crippen molar-refractivity contribution in [1.29, 1.82) is 0 Å². The van der Waals surface area contributed by atoms with E-state index in [4.69, 9.17) is 27.9 Å². The minimum Gasteiger partial charge on any atom is -0.487 e. The lowest BCUT2D eigenvalue weighted by atomic mass is 10.3. The van der Waals surface area contributed by atoms with Crippen molar-refractivity contribution >= 4 is 23.2 Å². The van der Waals surface area contributed by atoms with Crippen molar-refractivity contribution in [3.63, 3.8) is 0 Å². The molecule has 0 spiro atoms. The van der Waals surface area contributed by atoms with E-state index >= 15 is 0 Å². The molecule has 0 aliphatic carbocycles. The fourth-order valence-corrected chi connectivity index (χ4v) is 2.24. The van der Waals surface area contributed by atoms with Gasteiger partial charge in [-0.25, -0.2) is 0 Å². The predicted molar refractivity (Wildman–Crippen MR) is 82.4 cm³/mol. The maximum absolute atomic E-state index is 5.93. The van der Waals surface area contributed by atoms with Gasteiger partial charge in [0.1, 0.15) is 12.4 Å². The number of nitrogens with zero attached hydrogens (tertiary/aromatic N) is 1. The lowest BCUT2D eigenvalue weighted by Gasteiger charge is -2.08. The number of aromatic nitrogens is 1. The molecule has 0 aliphatic heterocycles. The minimum absolute atomic E-state index is 0.386. The van der Waals surface area contributed by atoms with Gasteiger partial charge in [0.25, 0.3) is 0 Å². The van der Waals surface area contributed by atoms with E-state index in [0.29, 0.717) is 22.4 Å². The fraction of sp³-hybridized carbons (Fsp3) is 0.267. The number of pyridine rings is 1. The molecule has 5 heteroatoms. The van der Waals surface area contributed by atoms with Crippen molar-refractivity contribution in [2.75, 3.05) is 6.54 Å².